The highest BCUT2D eigenvalue weighted by atomic mass is 19.4. The van der Waals surface area contributed by atoms with E-state index in [4.69, 9.17) is 5.73 Å². The molecule has 5 heteroatoms. The third kappa shape index (κ3) is 3.71. The number of alkyl halides is 3. The summed E-state index contributed by atoms with van der Waals surface area (Å²) in [5.41, 5.74) is 7.43. The average Bonchev–Trinajstić information content (AvgIpc) is 3.11. The molecule has 2 nitrogen and oxygen atoms in total. The lowest BCUT2D eigenvalue weighted by molar-refractivity contribution is -0.148. The predicted molar refractivity (Wildman–Crippen MR) is 63.8 cm³/mol. The second-order valence-corrected chi connectivity index (χ2v) is 4.72. The zero-order chi connectivity index (χ0) is 13.2. The van der Waals surface area contributed by atoms with Gasteiger partial charge in [-0.3, -0.25) is 4.90 Å². The van der Waals surface area contributed by atoms with Crippen molar-refractivity contribution in [1.82, 2.24) is 4.90 Å². The summed E-state index contributed by atoms with van der Waals surface area (Å²) in [7, 11) is 0. The Morgan fingerprint density at radius 1 is 1.17 bits per heavy atom. The van der Waals surface area contributed by atoms with Crippen LogP contribution in [0, 0.1) is 0 Å². The van der Waals surface area contributed by atoms with Gasteiger partial charge in [-0.15, -0.1) is 0 Å². The first-order valence-electron chi connectivity index (χ1n) is 6.07. The quantitative estimate of drug-likeness (QED) is 0.879. The van der Waals surface area contributed by atoms with Crippen molar-refractivity contribution in [3.05, 3.63) is 35.4 Å². The maximum Gasteiger partial charge on any atom is 0.401 e. The van der Waals surface area contributed by atoms with Crippen molar-refractivity contribution in [3.8, 4) is 0 Å². The van der Waals surface area contributed by atoms with Gasteiger partial charge in [-0.05, 0) is 24.0 Å². The number of rotatable bonds is 5. The Morgan fingerprint density at radius 3 is 2.28 bits per heavy atom. The molecule has 0 spiro atoms. The van der Waals surface area contributed by atoms with E-state index in [1.165, 1.54) is 4.90 Å². The second kappa shape index (κ2) is 5.28. The molecule has 2 rings (SSSR count). The Hall–Kier alpha value is -1.07. The molecular formula is C13H17F3N2. The van der Waals surface area contributed by atoms with Crippen LogP contribution in [-0.2, 0) is 13.1 Å². The van der Waals surface area contributed by atoms with Crippen LogP contribution in [0.2, 0.25) is 0 Å². The van der Waals surface area contributed by atoms with Gasteiger partial charge >= 0.3 is 6.18 Å². The number of nitrogens with zero attached hydrogens (tertiary/aromatic N) is 1. The number of hydrogen-bond donors (Lipinski definition) is 1. The fraction of sp³-hybridized carbons (Fsp3) is 0.538. The van der Waals surface area contributed by atoms with Gasteiger partial charge in [-0.25, -0.2) is 0 Å². The van der Waals surface area contributed by atoms with Crippen molar-refractivity contribution in [3.63, 3.8) is 0 Å². The fourth-order valence-electron chi connectivity index (χ4n) is 2.11. The molecule has 1 aliphatic carbocycles. The lowest BCUT2D eigenvalue weighted by Crippen LogP contribution is -2.35. The Balaban J connectivity index is 2.08. The molecule has 0 aliphatic heterocycles. The first-order chi connectivity index (χ1) is 8.49. The van der Waals surface area contributed by atoms with E-state index >= 15 is 0 Å². The monoisotopic (exact) mass is 258 g/mol. The lowest BCUT2D eigenvalue weighted by atomic mass is 10.1. The molecule has 1 aromatic carbocycles. The van der Waals surface area contributed by atoms with Crippen molar-refractivity contribution in [2.45, 2.75) is 38.1 Å². The van der Waals surface area contributed by atoms with Crippen molar-refractivity contribution in [2.75, 3.05) is 6.54 Å². The molecule has 2 N–H and O–H groups in total. The van der Waals surface area contributed by atoms with Gasteiger partial charge in [0.05, 0.1) is 6.54 Å². The average molecular weight is 258 g/mol. The third-order valence-corrected chi connectivity index (χ3v) is 3.16. The maximum atomic E-state index is 12.5. The zero-order valence-electron chi connectivity index (χ0n) is 10.1. The van der Waals surface area contributed by atoms with E-state index in [1.807, 2.05) is 24.3 Å². The normalized spacial score (nSPS) is 16.3. The summed E-state index contributed by atoms with van der Waals surface area (Å²) < 4.78 is 37.5. The Labute approximate surface area is 105 Å². The fourth-order valence-corrected chi connectivity index (χ4v) is 2.11. The zero-order valence-corrected chi connectivity index (χ0v) is 10.1. The molecule has 100 valence electrons. The molecule has 0 unspecified atom stereocenters. The second-order valence-electron chi connectivity index (χ2n) is 4.72. The number of hydrogen-bond acceptors (Lipinski definition) is 2. The molecular weight excluding hydrogens is 241 g/mol. The van der Waals surface area contributed by atoms with E-state index in [0.717, 1.165) is 24.0 Å². The van der Waals surface area contributed by atoms with Crippen LogP contribution >= 0.6 is 0 Å². The van der Waals surface area contributed by atoms with Crippen LogP contribution in [0.3, 0.4) is 0 Å². The summed E-state index contributed by atoms with van der Waals surface area (Å²) in [5, 5.41) is 0. The van der Waals surface area contributed by atoms with Gasteiger partial charge in [0, 0.05) is 19.1 Å². The van der Waals surface area contributed by atoms with Crippen LogP contribution in [0.5, 0.6) is 0 Å². The summed E-state index contributed by atoms with van der Waals surface area (Å²) in [5.74, 6) is 0. The van der Waals surface area contributed by atoms with E-state index in [2.05, 4.69) is 0 Å². The molecule has 0 amide bonds. The third-order valence-electron chi connectivity index (χ3n) is 3.16. The first-order valence-corrected chi connectivity index (χ1v) is 6.07. The van der Waals surface area contributed by atoms with E-state index in [1.54, 1.807) is 0 Å². The molecule has 1 aromatic rings. The van der Waals surface area contributed by atoms with E-state index in [0.29, 0.717) is 13.1 Å². The lowest BCUT2D eigenvalue weighted by Gasteiger charge is -2.24. The molecule has 0 radical (unpaired) electrons. The summed E-state index contributed by atoms with van der Waals surface area (Å²) in [6.45, 7) is -0.144. The SMILES string of the molecule is NCc1ccccc1CN(CC(F)(F)F)C1CC1. The van der Waals surface area contributed by atoms with Gasteiger partial charge in [0.15, 0.2) is 0 Å². The number of nitrogens with two attached hydrogens (primary N) is 1. The first kappa shape index (κ1) is 13.4. The molecule has 1 aliphatic rings. The Kier molecular flexibility index (Phi) is 3.92. The highest BCUT2D eigenvalue weighted by Crippen LogP contribution is 2.31. The van der Waals surface area contributed by atoms with Gasteiger partial charge in [0.2, 0.25) is 0 Å². The highest BCUT2D eigenvalue weighted by molar-refractivity contribution is 5.27. The van der Waals surface area contributed by atoms with Crippen molar-refractivity contribution < 1.29 is 13.2 Å². The maximum absolute atomic E-state index is 12.5. The van der Waals surface area contributed by atoms with Crippen molar-refractivity contribution >= 4 is 0 Å². The van der Waals surface area contributed by atoms with Crippen LogP contribution in [0.1, 0.15) is 24.0 Å². The van der Waals surface area contributed by atoms with Gasteiger partial charge in [-0.2, -0.15) is 13.2 Å². The molecule has 0 heterocycles. The van der Waals surface area contributed by atoms with Gasteiger partial charge in [0.1, 0.15) is 0 Å². The Morgan fingerprint density at radius 2 is 1.78 bits per heavy atom. The topological polar surface area (TPSA) is 29.3 Å². The molecule has 0 bridgehead atoms. The van der Waals surface area contributed by atoms with Crippen LogP contribution in [-0.4, -0.2) is 23.7 Å². The van der Waals surface area contributed by atoms with Crippen molar-refractivity contribution in [2.24, 2.45) is 5.73 Å². The standard InChI is InChI=1S/C13H17F3N2/c14-13(15,16)9-18(12-5-6-12)8-11-4-2-1-3-10(11)7-17/h1-4,12H,5-9,17H2. The van der Waals surface area contributed by atoms with Gasteiger partial charge in [0.25, 0.3) is 0 Å². The number of halogens is 3. The molecule has 0 aromatic heterocycles. The summed E-state index contributed by atoms with van der Waals surface area (Å²) in [6.07, 6.45) is -2.41. The van der Waals surface area contributed by atoms with Gasteiger partial charge < -0.3 is 5.73 Å². The molecule has 1 fully saturated rings. The summed E-state index contributed by atoms with van der Waals surface area (Å²) in [4.78, 5) is 1.51. The highest BCUT2D eigenvalue weighted by Gasteiger charge is 2.38. The minimum absolute atomic E-state index is 0.0810. The largest absolute Gasteiger partial charge is 0.401 e. The van der Waals surface area contributed by atoms with Crippen LogP contribution in [0.4, 0.5) is 13.2 Å². The van der Waals surface area contributed by atoms with Crippen LogP contribution in [0.25, 0.3) is 0 Å². The summed E-state index contributed by atoms with van der Waals surface area (Å²) in [6, 6.07) is 7.50. The minimum Gasteiger partial charge on any atom is -0.326 e. The van der Waals surface area contributed by atoms with Gasteiger partial charge in [-0.1, -0.05) is 24.3 Å². The molecule has 18 heavy (non-hydrogen) atoms. The molecule has 0 atom stereocenters. The van der Waals surface area contributed by atoms with E-state index in [9.17, 15) is 13.2 Å². The molecule has 0 saturated heterocycles. The smallest absolute Gasteiger partial charge is 0.326 e. The van der Waals surface area contributed by atoms with E-state index in [-0.39, 0.29) is 6.04 Å². The minimum atomic E-state index is -4.14. The van der Waals surface area contributed by atoms with Crippen LogP contribution < -0.4 is 5.73 Å². The number of benzene rings is 1. The predicted octanol–water partition coefficient (Wildman–Crippen LogP) is 2.67. The molecule has 1 saturated carbocycles. The van der Waals surface area contributed by atoms with Crippen LogP contribution in [0.15, 0.2) is 24.3 Å². The Bertz CT molecular complexity index is 399. The summed E-state index contributed by atoms with van der Waals surface area (Å²) >= 11 is 0. The van der Waals surface area contributed by atoms with Crippen molar-refractivity contribution in [1.29, 1.82) is 0 Å². The van der Waals surface area contributed by atoms with E-state index < -0.39 is 12.7 Å².